The maximum atomic E-state index is 13.4. The van der Waals surface area contributed by atoms with E-state index in [1.165, 1.54) is 17.7 Å². The molecule has 1 saturated heterocycles. The van der Waals surface area contributed by atoms with Crippen LogP contribution in [0, 0.1) is 11.7 Å². The van der Waals surface area contributed by atoms with Crippen LogP contribution in [0.3, 0.4) is 0 Å². The average Bonchev–Trinajstić information content (AvgIpc) is 3.18. The van der Waals surface area contributed by atoms with Crippen molar-refractivity contribution >= 4 is 40.8 Å². The van der Waals surface area contributed by atoms with Crippen LogP contribution in [0.1, 0.15) is 30.1 Å². The van der Waals surface area contributed by atoms with Crippen LogP contribution in [0.15, 0.2) is 59.7 Å². The molecular formula is C24H30FIN4O. The van der Waals surface area contributed by atoms with Crippen LogP contribution in [0.4, 0.5) is 4.39 Å². The summed E-state index contributed by atoms with van der Waals surface area (Å²) in [7, 11) is 1.79. The van der Waals surface area contributed by atoms with Gasteiger partial charge in [0.2, 0.25) is 0 Å². The fourth-order valence-corrected chi connectivity index (χ4v) is 4.19. The molecule has 2 heterocycles. The molecule has 0 radical (unpaired) electrons. The molecule has 3 N–H and O–H groups in total. The van der Waals surface area contributed by atoms with Crippen LogP contribution >= 0.6 is 24.0 Å². The number of aromatic amines is 1. The highest BCUT2D eigenvalue weighted by Gasteiger charge is 2.27. The van der Waals surface area contributed by atoms with Gasteiger partial charge in [-0.15, -0.1) is 24.0 Å². The number of hydrogen-bond donors (Lipinski definition) is 3. The molecule has 1 aromatic heterocycles. The molecule has 1 aliphatic rings. The quantitative estimate of drug-likeness (QED) is 0.241. The van der Waals surface area contributed by atoms with Crippen molar-refractivity contribution in [3.05, 3.63) is 71.7 Å². The van der Waals surface area contributed by atoms with Crippen LogP contribution in [0.5, 0.6) is 0 Å². The largest absolute Gasteiger partial charge is 0.373 e. The minimum absolute atomic E-state index is 0. The summed E-state index contributed by atoms with van der Waals surface area (Å²) < 4.78 is 19.4. The topological polar surface area (TPSA) is 61.4 Å². The van der Waals surface area contributed by atoms with Gasteiger partial charge in [-0.2, -0.15) is 0 Å². The van der Waals surface area contributed by atoms with Crippen molar-refractivity contribution in [3.8, 4) is 0 Å². The van der Waals surface area contributed by atoms with E-state index >= 15 is 0 Å². The van der Waals surface area contributed by atoms with E-state index in [2.05, 4.69) is 44.9 Å². The van der Waals surface area contributed by atoms with E-state index in [1.807, 2.05) is 18.3 Å². The van der Waals surface area contributed by atoms with Gasteiger partial charge in [0, 0.05) is 49.8 Å². The van der Waals surface area contributed by atoms with Gasteiger partial charge < -0.3 is 20.4 Å². The molecule has 0 amide bonds. The van der Waals surface area contributed by atoms with Crippen LogP contribution in [-0.4, -0.2) is 37.7 Å². The zero-order valence-corrected chi connectivity index (χ0v) is 20.1. The van der Waals surface area contributed by atoms with E-state index in [0.29, 0.717) is 5.92 Å². The fraction of sp³-hybridized carbons (Fsp3) is 0.375. The monoisotopic (exact) mass is 536 g/mol. The first-order valence-corrected chi connectivity index (χ1v) is 10.6. The Hall–Kier alpha value is -2.13. The molecule has 4 rings (SSSR count). The van der Waals surface area contributed by atoms with E-state index in [1.54, 1.807) is 7.05 Å². The van der Waals surface area contributed by atoms with Crippen LogP contribution in [0.2, 0.25) is 0 Å². The molecule has 5 nitrogen and oxygen atoms in total. The highest BCUT2D eigenvalue weighted by molar-refractivity contribution is 14.0. The molecule has 7 heteroatoms. The Morgan fingerprint density at radius 1 is 1.19 bits per heavy atom. The van der Waals surface area contributed by atoms with Gasteiger partial charge in [-0.05, 0) is 48.6 Å². The summed E-state index contributed by atoms with van der Waals surface area (Å²) in [5.41, 5.74) is 3.23. The van der Waals surface area contributed by atoms with E-state index in [0.717, 1.165) is 61.4 Å². The summed E-state index contributed by atoms with van der Waals surface area (Å²) in [5, 5.41) is 7.91. The number of guanidine groups is 1. The maximum Gasteiger partial charge on any atom is 0.190 e. The number of hydrogen-bond acceptors (Lipinski definition) is 2. The summed E-state index contributed by atoms with van der Waals surface area (Å²) in [5.74, 6) is 0.973. The number of halogens is 2. The first kappa shape index (κ1) is 23.5. The third-order valence-electron chi connectivity index (χ3n) is 5.74. The van der Waals surface area contributed by atoms with Crippen molar-refractivity contribution in [2.75, 3.05) is 26.7 Å². The van der Waals surface area contributed by atoms with Crippen molar-refractivity contribution in [1.29, 1.82) is 0 Å². The van der Waals surface area contributed by atoms with Gasteiger partial charge in [0.05, 0.1) is 6.10 Å². The SMILES string of the molecule is CN=C(NCCc1c[nH]c2cc(F)ccc12)NCC1CCCOC1c1ccccc1.I. The number of aromatic nitrogens is 1. The van der Waals surface area contributed by atoms with Gasteiger partial charge >= 0.3 is 0 Å². The first-order valence-electron chi connectivity index (χ1n) is 10.6. The number of fused-ring (bicyclic) bond motifs is 1. The maximum absolute atomic E-state index is 13.4. The highest BCUT2D eigenvalue weighted by atomic mass is 127. The van der Waals surface area contributed by atoms with Crippen molar-refractivity contribution in [1.82, 2.24) is 15.6 Å². The summed E-state index contributed by atoms with van der Waals surface area (Å²) in [6.45, 7) is 2.37. The summed E-state index contributed by atoms with van der Waals surface area (Å²) in [6, 6.07) is 15.3. The number of nitrogens with zero attached hydrogens (tertiary/aromatic N) is 1. The Labute approximate surface area is 199 Å². The standard InChI is InChI=1S/C24H29FN4O.HI/c1-26-24(27-12-11-18-15-28-22-14-20(25)9-10-21(18)22)29-16-19-8-5-13-30-23(19)17-6-3-2-4-7-17;/h2-4,6-7,9-10,14-15,19,23,28H,5,8,11-13,16H2,1H3,(H2,26,27,29);1H. The van der Waals surface area contributed by atoms with E-state index in [4.69, 9.17) is 4.74 Å². The number of benzene rings is 2. The average molecular weight is 536 g/mol. The summed E-state index contributed by atoms with van der Waals surface area (Å²) >= 11 is 0. The second-order valence-electron chi connectivity index (χ2n) is 7.74. The number of H-pyrrole nitrogens is 1. The molecule has 2 atom stereocenters. The Morgan fingerprint density at radius 3 is 2.84 bits per heavy atom. The molecule has 2 aromatic carbocycles. The predicted molar refractivity (Wildman–Crippen MR) is 135 cm³/mol. The second kappa shape index (κ2) is 11.5. The van der Waals surface area contributed by atoms with Crippen molar-refractivity contribution < 1.29 is 9.13 Å². The molecule has 0 bridgehead atoms. The Bertz CT molecular complexity index is 992. The fourth-order valence-electron chi connectivity index (χ4n) is 4.19. The second-order valence-corrected chi connectivity index (χ2v) is 7.74. The molecule has 166 valence electrons. The summed E-state index contributed by atoms with van der Waals surface area (Å²) in [4.78, 5) is 7.50. The summed E-state index contributed by atoms with van der Waals surface area (Å²) in [6.07, 6.45) is 5.12. The minimum Gasteiger partial charge on any atom is -0.373 e. The number of nitrogens with one attached hydrogen (secondary N) is 3. The third-order valence-corrected chi connectivity index (χ3v) is 5.74. The molecular weight excluding hydrogens is 506 g/mol. The zero-order valence-electron chi connectivity index (χ0n) is 17.7. The molecule has 31 heavy (non-hydrogen) atoms. The third kappa shape index (κ3) is 5.98. The van der Waals surface area contributed by atoms with Crippen molar-refractivity contribution in [2.45, 2.75) is 25.4 Å². The molecule has 0 saturated carbocycles. The molecule has 3 aromatic rings. The number of rotatable bonds is 6. The van der Waals surface area contributed by atoms with E-state index in [-0.39, 0.29) is 35.9 Å². The van der Waals surface area contributed by atoms with Gasteiger partial charge in [0.25, 0.3) is 0 Å². The Kier molecular flexibility index (Phi) is 8.71. The molecule has 1 fully saturated rings. The van der Waals surface area contributed by atoms with Crippen molar-refractivity contribution in [2.24, 2.45) is 10.9 Å². The lowest BCUT2D eigenvalue weighted by molar-refractivity contribution is -0.0265. The van der Waals surface area contributed by atoms with Crippen LogP contribution in [0.25, 0.3) is 10.9 Å². The molecule has 0 aliphatic carbocycles. The first-order chi connectivity index (χ1) is 14.7. The lowest BCUT2D eigenvalue weighted by atomic mass is 9.89. The van der Waals surface area contributed by atoms with Crippen LogP contribution in [-0.2, 0) is 11.2 Å². The van der Waals surface area contributed by atoms with Crippen molar-refractivity contribution in [3.63, 3.8) is 0 Å². The lowest BCUT2D eigenvalue weighted by Crippen LogP contribution is -2.42. The van der Waals surface area contributed by atoms with E-state index in [9.17, 15) is 4.39 Å². The molecule has 2 unspecified atom stereocenters. The Morgan fingerprint density at radius 2 is 2.03 bits per heavy atom. The van der Waals surface area contributed by atoms with Gasteiger partial charge in [-0.1, -0.05) is 30.3 Å². The van der Waals surface area contributed by atoms with Gasteiger partial charge in [-0.25, -0.2) is 4.39 Å². The zero-order chi connectivity index (χ0) is 20.8. The van der Waals surface area contributed by atoms with Crippen LogP contribution < -0.4 is 10.6 Å². The van der Waals surface area contributed by atoms with Gasteiger partial charge in [0.15, 0.2) is 5.96 Å². The van der Waals surface area contributed by atoms with Gasteiger partial charge in [0.1, 0.15) is 5.82 Å². The normalized spacial score (nSPS) is 19.1. The Balaban J connectivity index is 0.00000272. The molecule has 1 aliphatic heterocycles. The lowest BCUT2D eigenvalue weighted by Gasteiger charge is -2.32. The number of aliphatic imine (C=N–C) groups is 1. The predicted octanol–water partition coefficient (Wildman–Crippen LogP) is 4.80. The highest BCUT2D eigenvalue weighted by Crippen LogP contribution is 2.33. The smallest absolute Gasteiger partial charge is 0.190 e. The van der Waals surface area contributed by atoms with Gasteiger partial charge in [-0.3, -0.25) is 4.99 Å². The minimum atomic E-state index is -0.223. The number of ether oxygens (including phenoxy) is 1. The van der Waals surface area contributed by atoms with E-state index < -0.39 is 0 Å². The molecule has 0 spiro atoms.